The summed E-state index contributed by atoms with van der Waals surface area (Å²) in [6.45, 7) is 6.65. The zero-order valence-electron chi connectivity index (χ0n) is 18.9. The van der Waals surface area contributed by atoms with Gasteiger partial charge in [-0.1, -0.05) is 25.4 Å². The van der Waals surface area contributed by atoms with Gasteiger partial charge in [0.15, 0.2) is 5.82 Å². The maximum atomic E-state index is 13.1. The van der Waals surface area contributed by atoms with E-state index in [0.717, 1.165) is 53.8 Å². The first-order chi connectivity index (χ1) is 16.4. The number of aromatic nitrogens is 5. The Morgan fingerprint density at radius 2 is 2.15 bits per heavy atom. The molecule has 2 N–H and O–H groups in total. The number of nitrogens with one attached hydrogen (secondary N) is 2. The number of nitrogens with zero attached hydrogens (tertiary/aromatic N) is 5. The third kappa shape index (κ3) is 3.43. The zero-order chi connectivity index (χ0) is 23.4. The van der Waals surface area contributed by atoms with Gasteiger partial charge in [-0.15, -0.1) is 0 Å². The summed E-state index contributed by atoms with van der Waals surface area (Å²) in [5.74, 6) is 1.62. The molecule has 2 aliphatic rings. The Bertz CT molecular complexity index is 1440. The Kier molecular flexibility index (Phi) is 4.86. The molecule has 174 valence electrons. The number of rotatable bonds is 3. The Balaban J connectivity index is 1.25. The Hall–Kier alpha value is -3.43. The molecule has 0 saturated carbocycles. The average Bonchev–Trinajstić information content (AvgIpc) is 3.48. The van der Waals surface area contributed by atoms with E-state index in [0.29, 0.717) is 29.0 Å². The number of fused-ring (bicyclic) bond motifs is 3. The van der Waals surface area contributed by atoms with Crippen LogP contribution in [0.1, 0.15) is 37.2 Å². The number of hydrogen-bond acceptors (Lipinski definition) is 6. The lowest BCUT2D eigenvalue weighted by Crippen LogP contribution is -2.25. The number of carbonyl (C=O) groups is 1. The largest absolute Gasteiger partial charge is 0.439 e. The number of amides is 1. The smallest absolute Gasteiger partial charge is 0.331 e. The van der Waals surface area contributed by atoms with Gasteiger partial charge in [0.25, 0.3) is 0 Å². The van der Waals surface area contributed by atoms with Crippen LogP contribution in [0, 0.1) is 0 Å². The maximum Gasteiger partial charge on any atom is 0.331 e. The second-order valence-electron chi connectivity index (χ2n) is 9.34. The quantitative estimate of drug-likeness (QED) is 0.451. The van der Waals surface area contributed by atoms with E-state index in [1.54, 1.807) is 10.8 Å². The van der Waals surface area contributed by atoms with E-state index in [1.165, 1.54) is 6.33 Å². The number of ether oxygens (including phenoxy) is 1. The third-order valence-corrected chi connectivity index (χ3v) is 7.00. The lowest BCUT2D eigenvalue weighted by Gasteiger charge is -2.18. The number of hydrogen-bond donors (Lipinski definition) is 2. The van der Waals surface area contributed by atoms with Crippen LogP contribution in [-0.4, -0.2) is 36.9 Å². The average molecular weight is 478 g/mol. The third-order valence-electron chi connectivity index (χ3n) is 6.64. The lowest BCUT2D eigenvalue weighted by molar-refractivity contribution is 0.254. The summed E-state index contributed by atoms with van der Waals surface area (Å²) in [6, 6.07) is 7.14. The molecule has 0 aliphatic carbocycles. The Labute approximate surface area is 201 Å². The molecule has 0 spiro atoms. The Morgan fingerprint density at radius 1 is 1.26 bits per heavy atom. The van der Waals surface area contributed by atoms with E-state index >= 15 is 0 Å². The number of halogens is 1. The van der Waals surface area contributed by atoms with E-state index in [1.807, 2.05) is 28.9 Å². The van der Waals surface area contributed by atoms with E-state index in [9.17, 15) is 4.79 Å². The highest BCUT2D eigenvalue weighted by molar-refractivity contribution is 6.34. The molecular weight excluding hydrogens is 454 g/mol. The summed E-state index contributed by atoms with van der Waals surface area (Å²) >= 11 is 6.59. The SMILES string of the molecule is CC1(C)CCn2nc(NC(=O)n3ccc4cc(Oc5ncnc6c5CCNC6)ccc43)c(Cl)c21. The molecule has 0 saturated heterocycles. The van der Waals surface area contributed by atoms with E-state index in [2.05, 4.69) is 39.5 Å². The van der Waals surface area contributed by atoms with Crippen LogP contribution < -0.4 is 15.4 Å². The van der Waals surface area contributed by atoms with Gasteiger partial charge in [-0.3, -0.25) is 14.6 Å². The molecule has 0 unspecified atom stereocenters. The molecule has 5 heterocycles. The fraction of sp³-hybridized carbons (Fsp3) is 0.333. The van der Waals surface area contributed by atoms with Crippen LogP contribution >= 0.6 is 11.6 Å². The van der Waals surface area contributed by atoms with Gasteiger partial charge in [0.05, 0.1) is 16.9 Å². The van der Waals surface area contributed by atoms with Crippen molar-refractivity contribution < 1.29 is 9.53 Å². The van der Waals surface area contributed by atoms with Crippen molar-refractivity contribution in [3.05, 3.63) is 58.8 Å². The minimum absolute atomic E-state index is 0.0664. The number of carbonyl (C=O) groups excluding carboxylic acids is 1. The maximum absolute atomic E-state index is 13.1. The molecule has 1 amide bonds. The highest BCUT2D eigenvalue weighted by atomic mass is 35.5. The summed E-state index contributed by atoms with van der Waals surface area (Å²) in [5.41, 5.74) is 3.65. The fourth-order valence-corrected chi connectivity index (χ4v) is 5.25. The van der Waals surface area contributed by atoms with Crippen LogP contribution in [0.15, 0.2) is 36.8 Å². The van der Waals surface area contributed by atoms with Crippen LogP contribution in [0.4, 0.5) is 10.6 Å². The molecule has 0 bridgehead atoms. The minimum Gasteiger partial charge on any atom is -0.439 e. The van der Waals surface area contributed by atoms with Crippen molar-refractivity contribution >= 4 is 34.4 Å². The van der Waals surface area contributed by atoms with Gasteiger partial charge >= 0.3 is 6.03 Å². The van der Waals surface area contributed by atoms with Crippen molar-refractivity contribution in [3.8, 4) is 11.6 Å². The summed E-state index contributed by atoms with van der Waals surface area (Å²) in [7, 11) is 0. The van der Waals surface area contributed by atoms with Gasteiger partial charge in [0.1, 0.15) is 17.1 Å². The van der Waals surface area contributed by atoms with Crippen LogP contribution in [0.3, 0.4) is 0 Å². The molecule has 10 heteroatoms. The molecule has 0 atom stereocenters. The van der Waals surface area contributed by atoms with Crippen molar-refractivity contribution in [2.24, 2.45) is 0 Å². The number of aryl methyl sites for hydroxylation is 1. The predicted octanol–water partition coefficient (Wildman–Crippen LogP) is 4.48. The molecule has 0 radical (unpaired) electrons. The highest BCUT2D eigenvalue weighted by Crippen LogP contribution is 2.41. The summed E-state index contributed by atoms with van der Waals surface area (Å²) < 4.78 is 9.53. The van der Waals surface area contributed by atoms with Gasteiger partial charge in [-0.2, -0.15) is 5.10 Å². The van der Waals surface area contributed by atoms with Gasteiger partial charge in [-0.05, 0) is 43.7 Å². The number of anilines is 1. The second-order valence-corrected chi connectivity index (χ2v) is 9.72. The fourth-order valence-electron chi connectivity index (χ4n) is 4.81. The molecule has 6 rings (SSSR count). The van der Waals surface area contributed by atoms with E-state index < -0.39 is 0 Å². The molecule has 9 nitrogen and oxygen atoms in total. The van der Waals surface area contributed by atoms with Crippen LogP contribution in [0.5, 0.6) is 11.6 Å². The summed E-state index contributed by atoms with van der Waals surface area (Å²) in [6.07, 6.45) is 5.05. The van der Waals surface area contributed by atoms with Gasteiger partial charge in [0.2, 0.25) is 5.88 Å². The van der Waals surface area contributed by atoms with E-state index in [4.69, 9.17) is 16.3 Å². The van der Waals surface area contributed by atoms with Crippen molar-refractivity contribution in [2.45, 2.75) is 45.2 Å². The second kappa shape index (κ2) is 7.82. The standard InChI is InChI=1S/C24H24ClN7O2/c1-24(2)7-10-32-20(24)19(25)21(30-32)29-23(33)31-9-6-14-11-15(3-4-18(14)31)34-22-16-5-8-26-12-17(16)27-13-28-22/h3-4,6,9,11,13,26H,5,7-8,10,12H2,1-2H3,(H,29,30,33). The highest BCUT2D eigenvalue weighted by Gasteiger charge is 2.36. The first-order valence-electron chi connectivity index (χ1n) is 11.3. The van der Waals surface area contributed by atoms with Crippen molar-refractivity contribution in [2.75, 3.05) is 11.9 Å². The lowest BCUT2D eigenvalue weighted by atomic mass is 9.88. The topological polar surface area (TPSA) is 98.9 Å². The monoisotopic (exact) mass is 477 g/mol. The van der Waals surface area contributed by atoms with Crippen LogP contribution in [-0.2, 0) is 24.9 Å². The molecule has 0 fully saturated rings. The van der Waals surface area contributed by atoms with Crippen LogP contribution in [0.2, 0.25) is 5.02 Å². The van der Waals surface area contributed by atoms with Gasteiger partial charge < -0.3 is 10.1 Å². The molecular formula is C24H24ClN7O2. The number of benzene rings is 1. The summed E-state index contributed by atoms with van der Waals surface area (Å²) in [5, 5.41) is 12.1. The van der Waals surface area contributed by atoms with Crippen molar-refractivity contribution in [3.63, 3.8) is 0 Å². The van der Waals surface area contributed by atoms with Gasteiger partial charge in [0, 0.05) is 35.7 Å². The molecule has 3 aromatic heterocycles. The molecule has 34 heavy (non-hydrogen) atoms. The summed E-state index contributed by atoms with van der Waals surface area (Å²) in [4.78, 5) is 21.7. The molecule has 4 aromatic rings. The first kappa shape index (κ1) is 21.1. The van der Waals surface area contributed by atoms with Crippen molar-refractivity contribution in [1.29, 1.82) is 0 Å². The van der Waals surface area contributed by atoms with Crippen LogP contribution in [0.25, 0.3) is 10.9 Å². The predicted molar refractivity (Wildman–Crippen MR) is 129 cm³/mol. The molecule has 2 aliphatic heterocycles. The Morgan fingerprint density at radius 3 is 3.00 bits per heavy atom. The van der Waals surface area contributed by atoms with E-state index in [-0.39, 0.29) is 11.4 Å². The van der Waals surface area contributed by atoms with Crippen molar-refractivity contribution in [1.82, 2.24) is 29.6 Å². The minimum atomic E-state index is -0.322. The molecule has 1 aromatic carbocycles. The zero-order valence-corrected chi connectivity index (χ0v) is 19.7. The normalized spacial score (nSPS) is 16.3. The van der Waals surface area contributed by atoms with Gasteiger partial charge in [-0.25, -0.2) is 14.8 Å². The first-order valence-corrected chi connectivity index (χ1v) is 11.7.